The molecule has 148 valence electrons. The molecule has 0 aliphatic carbocycles. The third-order valence-electron chi connectivity index (χ3n) is 3.37. The van der Waals surface area contributed by atoms with Gasteiger partial charge in [-0.15, -0.1) is 11.3 Å². The van der Waals surface area contributed by atoms with Crippen molar-refractivity contribution in [1.82, 2.24) is 15.6 Å². The van der Waals surface area contributed by atoms with Crippen LogP contribution in [0, 0.1) is 6.92 Å². The minimum absolute atomic E-state index is 0.0845. The minimum Gasteiger partial charge on any atom is -0.367 e. The first-order valence-electron chi connectivity index (χ1n) is 8.51. The van der Waals surface area contributed by atoms with Crippen LogP contribution in [0.3, 0.4) is 0 Å². The van der Waals surface area contributed by atoms with Crippen LogP contribution in [0.4, 0.5) is 13.2 Å². The van der Waals surface area contributed by atoms with Crippen molar-refractivity contribution < 1.29 is 17.9 Å². The number of hydrogen-bond donors (Lipinski definition) is 2. The Labute approximate surface area is 160 Å². The van der Waals surface area contributed by atoms with Crippen LogP contribution in [0.25, 0.3) is 0 Å². The van der Waals surface area contributed by atoms with Gasteiger partial charge >= 0.3 is 6.18 Å². The van der Waals surface area contributed by atoms with E-state index in [0.717, 1.165) is 15.4 Å². The fraction of sp³-hybridized carbons (Fsp3) is 0.444. The molecule has 0 saturated carbocycles. The molecule has 0 fully saturated rings. The zero-order valence-corrected chi connectivity index (χ0v) is 16.1. The van der Waals surface area contributed by atoms with Crippen molar-refractivity contribution in [2.45, 2.75) is 39.7 Å². The number of alkyl halides is 3. The molecule has 9 heteroatoms. The highest BCUT2D eigenvalue weighted by Crippen LogP contribution is 2.16. The molecule has 0 atom stereocenters. The van der Waals surface area contributed by atoms with Gasteiger partial charge in [-0.25, -0.2) is 9.98 Å². The summed E-state index contributed by atoms with van der Waals surface area (Å²) in [5.74, 6) is 0.657. The van der Waals surface area contributed by atoms with Crippen LogP contribution in [-0.2, 0) is 24.4 Å². The van der Waals surface area contributed by atoms with Gasteiger partial charge < -0.3 is 15.4 Å². The number of nitrogens with zero attached hydrogens (tertiary/aromatic N) is 2. The van der Waals surface area contributed by atoms with E-state index in [0.29, 0.717) is 31.2 Å². The molecule has 5 nitrogen and oxygen atoms in total. The highest BCUT2D eigenvalue weighted by molar-refractivity contribution is 7.11. The number of rotatable bonds is 8. The number of hydrogen-bond acceptors (Lipinski definition) is 4. The number of nitrogens with one attached hydrogen (secondary N) is 2. The van der Waals surface area contributed by atoms with Crippen LogP contribution in [0.15, 0.2) is 35.5 Å². The van der Waals surface area contributed by atoms with Crippen molar-refractivity contribution in [3.8, 4) is 0 Å². The summed E-state index contributed by atoms with van der Waals surface area (Å²) in [5.41, 5.74) is 1.58. The second kappa shape index (κ2) is 10.3. The monoisotopic (exact) mass is 400 g/mol. The van der Waals surface area contributed by atoms with Crippen LogP contribution in [0.1, 0.15) is 27.9 Å². The van der Waals surface area contributed by atoms with Crippen molar-refractivity contribution >= 4 is 17.3 Å². The normalized spacial score (nSPS) is 12.3. The number of aryl methyl sites for hydroxylation is 1. The molecule has 0 bridgehead atoms. The zero-order chi connectivity index (χ0) is 19.7. The summed E-state index contributed by atoms with van der Waals surface area (Å²) in [5, 5.41) is 7.36. The van der Waals surface area contributed by atoms with Gasteiger partial charge in [-0.2, -0.15) is 13.2 Å². The molecule has 0 aliphatic heterocycles. The van der Waals surface area contributed by atoms with Gasteiger partial charge in [0, 0.05) is 17.6 Å². The third-order valence-corrected chi connectivity index (χ3v) is 4.28. The van der Waals surface area contributed by atoms with E-state index >= 15 is 0 Å². The maximum absolute atomic E-state index is 12.2. The lowest BCUT2D eigenvalue weighted by atomic mass is 10.1. The second-order valence-electron chi connectivity index (χ2n) is 5.84. The average molecular weight is 400 g/mol. The first-order chi connectivity index (χ1) is 12.9. The van der Waals surface area contributed by atoms with Crippen LogP contribution in [0.2, 0.25) is 0 Å². The number of aliphatic imine (C=N–C) groups is 1. The van der Waals surface area contributed by atoms with Gasteiger partial charge in [-0.1, -0.05) is 24.3 Å². The molecule has 27 heavy (non-hydrogen) atoms. The maximum Gasteiger partial charge on any atom is 0.411 e. The lowest BCUT2D eigenvalue weighted by molar-refractivity contribution is -0.176. The predicted octanol–water partition coefficient (Wildman–Crippen LogP) is 3.79. The van der Waals surface area contributed by atoms with Gasteiger partial charge in [0.25, 0.3) is 0 Å². The molecule has 0 amide bonds. The highest BCUT2D eigenvalue weighted by atomic mass is 32.1. The van der Waals surface area contributed by atoms with Crippen molar-refractivity contribution in [2.24, 2.45) is 4.99 Å². The summed E-state index contributed by atoms with van der Waals surface area (Å²) in [6, 6.07) is 7.20. The van der Waals surface area contributed by atoms with Crippen molar-refractivity contribution in [1.29, 1.82) is 0 Å². The Balaban J connectivity index is 1.91. The Hall–Kier alpha value is -2.13. The lowest BCUT2D eigenvalue weighted by Crippen LogP contribution is -2.36. The van der Waals surface area contributed by atoms with E-state index in [9.17, 15) is 13.2 Å². The van der Waals surface area contributed by atoms with E-state index in [-0.39, 0.29) is 6.61 Å². The van der Waals surface area contributed by atoms with Gasteiger partial charge in [0.1, 0.15) is 11.6 Å². The molecule has 2 N–H and O–H groups in total. The zero-order valence-electron chi connectivity index (χ0n) is 15.3. The molecule has 0 radical (unpaired) electrons. The number of thiazole rings is 1. The predicted molar refractivity (Wildman–Crippen MR) is 101 cm³/mol. The Morgan fingerprint density at radius 1 is 1.26 bits per heavy atom. The summed E-state index contributed by atoms with van der Waals surface area (Å²) >= 11 is 1.62. The SMILES string of the molecule is CCNC(=NCc1cccc(COCC(F)(F)F)c1)NCc1ncc(C)s1. The smallest absolute Gasteiger partial charge is 0.367 e. The number of guanidine groups is 1. The van der Waals surface area contributed by atoms with Crippen LogP contribution in [0.5, 0.6) is 0 Å². The molecule has 2 rings (SSSR count). The Kier molecular flexibility index (Phi) is 8.05. The molecular weight excluding hydrogens is 377 g/mol. The molecular formula is C18H23F3N4OS. The average Bonchev–Trinajstić information content (AvgIpc) is 3.02. The molecule has 2 aromatic rings. The molecule has 0 spiro atoms. The van der Waals surface area contributed by atoms with Crippen molar-refractivity contribution in [2.75, 3.05) is 13.2 Å². The minimum atomic E-state index is -4.32. The molecule has 1 heterocycles. The standard InChI is InChI=1S/C18H23F3N4OS/c1-3-22-17(25-10-16-23-8-13(2)27-16)24-9-14-5-4-6-15(7-14)11-26-12-18(19,20)21/h4-8H,3,9-12H2,1-2H3,(H2,22,24,25). The van der Waals surface area contributed by atoms with Gasteiger partial charge in [-0.05, 0) is 25.0 Å². The Bertz CT molecular complexity index is 746. The summed E-state index contributed by atoms with van der Waals surface area (Å²) in [7, 11) is 0. The Morgan fingerprint density at radius 2 is 2.04 bits per heavy atom. The van der Waals surface area contributed by atoms with Crippen molar-refractivity contribution in [3.63, 3.8) is 0 Å². The van der Waals surface area contributed by atoms with E-state index in [4.69, 9.17) is 4.74 Å². The van der Waals surface area contributed by atoms with E-state index in [2.05, 4.69) is 20.6 Å². The summed E-state index contributed by atoms with van der Waals surface area (Å²) in [6.45, 7) is 4.34. The fourth-order valence-electron chi connectivity index (χ4n) is 2.26. The summed E-state index contributed by atoms with van der Waals surface area (Å²) < 4.78 is 41.2. The van der Waals surface area contributed by atoms with Crippen molar-refractivity contribution in [3.05, 3.63) is 51.5 Å². The van der Waals surface area contributed by atoms with Crippen LogP contribution >= 0.6 is 11.3 Å². The first-order valence-corrected chi connectivity index (χ1v) is 9.33. The largest absolute Gasteiger partial charge is 0.411 e. The van der Waals surface area contributed by atoms with E-state index in [1.807, 2.05) is 26.1 Å². The number of benzene rings is 1. The maximum atomic E-state index is 12.2. The van der Waals surface area contributed by atoms with Gasteiger partial charge in [0.2, 0.25) is 0 Å². The number of aromatic nitrogens is 1. The van der Waals surface area contributed by atoms with Crippen LogP contribution < -0.4 is 10.6 Å². The molecule has 1 aromatic carbocycles. The van der Waals surface area contributed by atoms with E-state index in [1.165, 1.54) is 0 Å². The highest BCUT2D eigenvalue weighted by Gasteiger charge is 2.27. The third kappa shape index (κ3) is 8.40. The number of halogens is 3. The van der Waals surface area contributed by atoms with E-state index < -0.39 is 12.8 Å². The molecule has 1 aromatic heterocycles. The van der Waals surface area contributed by atoms with Gasteiger partial charge in [0.15, 0.2) is 5.96 Å². The molecule has 0 aliphatic rings. The fourth-order valence-corrected chi connectivity index (χ4v) is 2.98. The number of ether oxygens (including phenoxy) is 1. The summed E-state index contributed by atoms with van der Waals surface area (Å²) in [6.07, 6.45) is -2.48. The second-order valence-corrected chi connectivity index (χ2v) is 7.16. The van der Waals surface area contributed by atoms with E-state index in [1.54, 1.807) is 29.5 Å². The van der Waals surface area contributed by atoms with Gasteiger partial charge in [-0.3, -0.25) is 0 Å². The first kappa shape index (κ1) is 21.2. The summed E-state index contributed by atoms with van der Waals surface area (Å²) in [4.78, 5) is 9.97. The van der Waals surface area contributed by atoms with Crippen LogP contribution in [-0.4, -0.2) is 30.3 Å². The molecule has 0 saturated heterocycles. The van der Waals surface area contributed by atoms with Gasteiger partial charge in [0.05, 0.1) is 19.7 Å². The lowest BCUT2D eigenvalue weighted by Gasteiger charge is -2.11. The topological polar surface area (TPSA) is 58.5 Å². The Morgan fingerprint density at radius 3 is 2.70 bits per heavy atom. The molecule has 0 unspecified atom stereocenters. The quantitative estimate of drug-likeness (QED) is 0.523.